The molecule has 0 saturated carbocycles. The van der Waals surface area contributed by atoms with E-state index in [1.165, 1.54) is 12.8 Å². The molecule has 0 aromatic carbocycles. The van der Waals surface area contributed by atoms with E-state index < -0.39 is 0 Å². The van der Waals surface area contributed by atoms with Crippen molar-refractivity contribution in [3.05, 3.63) is 0 Å². The van der Waals surface area contributed by atoms with Crippen LogP contribution in [0.25, 0.3) is 0 Å². The fraction of sp³-hybridized carbons (Fsp3) is 0.909. The van der Waals surface area contributed by atoms with Gasteiger partial charge in [0, 0.05) is 6.42 Å². The third-order valence-electron chi connectivity index (χ3n) is 2.61. The molecule has 0 aliphatic carbocycles. The molecule has 0 spiro atoms. The number of amidine groups is 1. The number of aliphatic imine (C=N–C) groups is 1. The fourth-order valence-corrected chi connectivity index (χ4v) is 1.66. The molecule has 13 heavy (non-hydrogen) atoms. The molecule has 0 amide bonds. The molecule has 0 saturated heterocycles. The first-order chi connectivity index (χ1) is 6.15. The van der Waals surface area contributed by atoms with E-state index in [2.05, 4.69) is 32.7 Å². The average Bonchev–Trinajstić information content (AvgIpc) is 2.06. The van der Waals surface area contributed by atoms with Crippen LogP contribution in [0, 0.1) is 5.92 Å². The van der Waals surface area contributed by atoms with Crippen LogP contribution in [0.3, 0.4) is 0 Å². The van der Waals surface area contributed by atoms with E-state index in [1.807, 2.05) is 0 Å². The Bertz CT molecular complexity index is 148. The molecule has 1 unspecified atom stereocenters. The lowest BCUT2D eigenvalue weighted by Crippen LogP contribution is -2.20. The summed E-state index contributed by atoms with van der Waals surface area (Å²) >= 11 is 0. The van der Waals surface area contributed by atoms with Gasteiger partial charge in [0.15, 0.2) is 0 Å². The molecule has 0 bridgehead atoms. The van der Waals surface area contributed by atoms with Gasteiger partial charge in [-0.1, -0.05) is 33.6 Å². The van der Waals surface area contributed by atoms with Gasteiger partial charge in [0.05, 0.1) is 11.9 Å². The molecular weight excluding hydrogens is 160 g/mol. The molecule has 2 nitrogen and oxygen atoms in total. The summed E-state index contributed by atoms with van der Waals surface area (Å²) < 4.78 is 0. The number of rotatable bonds is 6. The molecule has 2 N–H and O–H groups in total. The standard InChI is InChI=1S/C11H24N2/c1-5-8-11(12)13-9(4)10(6-2)7-3/h9-10H,5-8H2,1-4H3,(H2,12,13). The Labute approximate surface area is 82.6 Å². The molecule has 2 heteroatoms. The van der Waals surface area contributed by atoms with E-state index in [4.69, 9.17) is 5.73 Å². The number of nitrogens with zero attached hydrogens (tertiary/aromatic N) is 1. The third kappa shape index (κ3) is 4.91. The minimum atomic E-state index is 0.390. The Kier molecular flexibility index (Phi) is 6.65. The summed E-state index contributed by atoms with van der Waals surface area (Å²) in [5.74, 6) is 1.51. The summed E-state index contributed by atoms with van der Waals surface area (Å²) in [6, 6.07) is 0.390. The Hall–Kier alpha value is -0.530. The van der Waals surface area contributed by atoms with Crippen molar-refractivity contribution in [1.29, 1.82) is 0 Å². The highest BCUT2D eigenvalue weighted by molar-refractivity contribution is 5.80. The van der Waals surface area contributed by atoms with Crippen molar-refractivity contribution in [2.75, 3.05) is 0 Å². The first kappa shape index (κ1) is 12.5. The van der Waals surface area contributed by atoms with E-state index in [0.29, 0.717) is 12.0 Å². The van der Waals surface area contributed by atoms with Crippen LogP contribution in [0.5, 0.6) is 0 Å². The van der Waals surface area contributed by atoms with Gasteiger partial charge in [0.2, 0.25) is 0 Å². The molecule has 0 heterocycles. The maximum absolute atomic E-state index is 5.78. The smallest absolute Gasteiger partial charge is 0.0940 e. The van der Waals surface area contributed by atoms with E-state index in [1.54, 1.807) is 0 Å². The normalized spacial score (nSPS) is 15.0. The highest BCUT2D eigenvalue weighted by Crippen LogP contribution is 2.15. The van der Waals surface area contributed by atoms with Crippen molar-refractivity contribution in [1.82, 2.24) is 0 Å². The monoisotopic (exact) mass is 184 g/mol. The Balaban J connectivity index is 4.08. The second-order valence-corrected chi connectivity index (χ2v) is 3.69. The summed E-state index contributed by atoms with van der Waals surface area (Å²) in [6.45, 7) is 8.73. The zero-order valence-electron chi connectivity index (χ0n) is 9.51. The van der Waals surface area contributed by atoms with Crippen LogP contribution >= 0.6 is 0 Å². The molecule has 78 valence electrons. The van der Waals surface area contributed by atoms with Crippen LogP contribution in [0.15, 0.2) is 4.99 Å². The first-order valence-electron chi connectivity index (χ1n) is 5.47. The van der Waals surface area contributed by atoms with Crippen LogP contribution in [0.4, 0.5) is 0 Å². The third-order valence-corrected chi connectivity index (χ3v) is 2.61. The van der Waals surface area contributed by atoms with Gasteiger partial charge in [-0.2, -0.15) is 0 Å². The highest BCUT2D eigenvalue weighted by Gasteiger charge is 2.11. The summed E-state index contributed by atoms with van der Waals surface area (Å²) in [4.78, 5) is 4.50. The Morgan fingerprint density at radius 1 is 1.23 bits per heavy atom. The lowest BCUT2D eigenvalue weighted by atomic mass is 9.96. The predicted octanol–water partition coefficient (Wildman–Crippen LogP) is 2.97. The zero-order chi connectivity index (χ0) is 10.3. The molecular formula is C11H24N2. The molecule has 0 aromatic rings. The summed E-state index contributed by atoms with van der Waals surface area (Å²) in [7, 11) is 0. The van der Waals surface area contributed by atoms with Gasteiger partial charge in [-0.15, -0.1) is 0 Å². The SMILES string of the molecule is CCCC(N)=NC(C)C(CC)CC. The molecule has 0 aliphatic rings. The van der Waals surface area contributed by atoms with Crippen molar-refractivity contribution >= 4 is 5.84 Å². The molecule has 0 fully saturated rings. The minimum Gasteiger partial charge on any atom is -0.387 e. The van der Waals surface area contributed by atoms with Gasteiger partial charge < -0.3 is 5.73 Å². The van der Waals surface area contributed by atoms with E-state index >= 15 is 0 Å². The van der Waals surface area contributed by atoms with Gasteiger partial charge in [0.25, 0.3) is 0 Å². The van der Waals surface area contributed by atoms with Crippen molar-refractivity contribution in [3.8, 4) is 0 Å². The zero-order valence-corrected chi connectivity index (χ0v) is 9.51. The average molecular weight is 184 g/mol. The van der Waals surface area contributed by atoms with Gasteiger partial charge in [-0.05, 0) is 19.3 Å². The highest BCUT2D eigenvalue weighted by atomic mass is 14.9. The van der Waals surface area contributed by atoms with Crippen LogP contribution in [-0.4, -0.2) is 11.9 Å². The van der Waals surface area contributed by atoms with Gasteiger partial charge >= 0.3 is 0 Å². The summed E-state index contributed by atoms with van der Waals surface area (Å²) in [5, 5.41) is 0. The van der Waals surface area contributed by atoms with Crippen molar-refractivity contribution in [2.45, 2.75) is 59.4 Å². The van der Waals surface area contributed by atoms with Crippen molar-refractivity contribution in [3.63, 3.8) is 0 Å². The van der Waals surface area contributed by atoms with Crippen molar-refractivity contribution < 1.29 is 0 Å². The predicted molar refractivity (Wildman–Crippen MR) is 60.1 cm³/mol. The van der Waals surface area contributed by atoms with Crippen LogP contribution < -0.4 is 5.73 Å². The van der Waals surface area contributed by atoms with Crippen LogP contribution in [-0.2, 0) is 0 Å². The summed E-state index contributed by atoms with van der Waals surface area (Å²) in [6.07, 6.45) is 4.41. The number of hydrogen-bond donors (Lipinski definition) is 1. The molecule has 0 aliphatic heterocycles. The van der Waals surface area contributed by atoms with E-state index in [0.717, 1.165) is 18.7 Å². The van der Waals surface area contributed by atoms with Crippen LogP contribution in [0.1, 0.15) is 53.4 Å². The maximum Gasteiger partial charge on any atom is 0.0940 e. The van der Waals surface area contributed by atoms with Gasteiger partial charge in [-0.3, -0.25) is 4.99 Å². The fourth-order valence-electron chi connectivity index (χ4n) is 1.66. The lowest BCUT2D eigenvalue weighted by Gasteiger charge is -2.17. The van der Waals surface area contributed by atoms with Gasteiger partial charge in [-0.25, -0.2) is 0 Å². The van der Waals surface area contributed by atoms with E-state index in [-0.39, 0.29) is 0 Å². The Morgan fingerprint density at radius 3 is 2.15 bits per heavy atom. The molecule has 0 rings (SSSR count). The largest absolute Gasteiger partial charge is 0.387 e. The lowest BCUT2D eigenvalue weighted by molar-refractivity contribution is 0.418. The van der Waals surface area contributed by atoms with E-state index in [9.17, 15) is 0 Å². The minimum absolute atomic E-state index is 0.390. The number of nitrogens with two attached hydrogens (primary N) is 1. The topological polar surface area (TPSA) is 38.4 Å². The Morgan fingerprint density at radius 2 is 1.77 bits per heavy atom. The second-order valence-electron chi connectivity index (χ2n) is 3.69. The first-order valence-corrected chi connectivity index (χ1v) is 5.47. The second kappa shape index (κ2) is 6.93. The summed E-state index contributed by atoms with van der Waals surface area (Å²) in [5.41, 5.74) is 5.78. The number of hydrogen-bond acceptors (Lipinski definition) is 1. The quantitative estimate of drug-likeness (QED) is 0.500. The molecule has 0 aromatic heterocycles. The van der Waals surface area contributed by atoms with Crippen LogP contribution in [0.2, 0.25) is 0 Å². The molecule has 1 atom stereocenters. The maximum atomic E-state index is 5.78. The molecule has 0 radical (unpaired) electrons. The van der Waals surface area contributed by atoms with Gasteiger partial charge in [0.1, 0.15) is 0 Å². The van der Waals surface area contributed by atoms with Crippen molar-refractivity contribution in [2.24, 2.45) is 16.6 Å².